The fraction of sp³-hybridized carbons (Fsp3) is 0.316. The Morgan fingerprint density at radius 3 is 2.63 bits per heavy atom. The van der Waals surface area contributed by atoms with Crippen molar-refractivity contribution in [2.75, 3.05) is 18.6 Å². The molecule has 1 amide bonds. The number of halogens is 1. The minimum absolute atomic E-state index is 0.163. The van der Waals surface area contributed by atoms with Gasteiger partial charge in [0.25, 0.3) is 5.91 Å². The monoisotopic (exact) mass is 406 g/mol. The summed E-state index contributed by atoms with van der Waals surface area (Å²) in [6, 6.07) is 8.97. The molecule has 1 N–H and O–H groups in total. The summed E-state index contributed by atoms with van der Waals surface area (Å²) in [5.41, 5.74) is 0.900. The Morgan fingerprint density at radius 2 is 2.04 bits per heavy atom. The van der Waals surface area contributed by atoms with E-state index in [9.17, 15) is 9.59 Å². The minimum Gasteiger partial charge on any atom is -0.473 e. The van der Waals surface area contributed by atoms with Crippen LogP contribution in [0, 0.1) is 0 Å². The largest absolute Gasteiger partial charge is 0.473 e. The quantitative estimate of drug-likeness (QED) is 0.742. The highest BCUT2D eigenvalue weighted by molar-refractivity contribution is 7.99. The molecular formula is C19H19ClN2O4S. The summed E-state index contributed by atoms with van der Waals surface area (Å²) in [5, 5.41) is 3.21. The first-order valence-electron chi connectivity index (χ1n) is 8.41. The highest BCUT2D eigenvalue weighted by Gasteiger charge is 2.24. The van der Waals surface area contributed by atoms with Crippen molar-refractivity contribution in [1.29, 1.82) is 0 Å². The average molecular weight is 407 g/mol. The summed E-state index contributed by atoms with van der Waals surface area (Å²) in [4.78, 5) is 28.8. The number of pyridine rings is 1. The van der Waals surface area contributed by atoms with E-state index in [1.54, 1.807) is 36.4 Å². The molecule has 2 heterocycles. The maximum Gasteiger partial charge on any atom is 0.333 e. The molecule has 8 heteroatoms. The summed E-state index contributed by atoms with van der Waals surface area (Å²) in [5.74, 6) is 1.52. The molecule has 0 radical (unpaired) electrons. The molecule has 1 aromatic heterocycles. The molecule has 0 spiro atoms. The van der Waals surface area contributed by atoms with Gasteiger partial charge in [0.2, 0.25) is 5.88 Å². The smallest absolute Gasteiger partial charge is 0.333 e. The molecule has 142 valence electrons. The van der Waals surface area contributed by atoms with Crippen molar-refractivity contribution < 1.29 is 19.1 Å². The molecular weight excluding hydrogens is 388 g/mol. The Labute approximate surface area is 166 Å². The highest BCUT2D eigenvalue weighted by Crippen LogP contribution is 2.22. The lowest BCUT2D eigenvalue weighted by atomic mass is 10.1. The van der Waals surface area contributed by atoms with E-state index in [4.69, 9.17) is 21.1 Å². The van der Waals surface area contributed by atoms with E-state index in [2.05, 4.69) is 10.3 Å². The van der Waals surface area contributed by atoms with E-state index >= 15 is 0 Å². The first-order chi connectivity index (χ1) is 13.1. The van der Waals surface area contributed by atoms with Gasteiger partial charge in [-0.1, -0.05) is 23.7 Å². The van der Waals surface area contributed by atoms with Crippen LogP contribution in [0.4, 0.5) is 0 Å². The van der Waals surface area contributed by atoms with Gasteiger partial charge in [0.15, 0.2) is 6.04 Å². The zero-order valence-electron chi connectivity index (χ0n) is 14.7. The number of aromatic nitrogens is 1. The van der Waals surface area contributed by atoms with Crippen molar-refractivity contribution in [3.8, 4) is 5.88 Å². The first-order valence-corrected chi connectivity index (χ1v) is 9.94. The van der Waals surface area contributed by atoms with Gasteiger partial charge in [0.1, 0.15) is 6.10 Å². The SMILES string of the molecule is COC(=O)C(NC(=O)c1ccc(OC2CCSC2)nc1)c1ccc(Cl)cc1. The number of thioether (sulfide) groups is 1. The third-order valence-electron chi connectivity index (χ3n) is 4.09. The second kappa shape index (κ2) is 9.10. The molecule has 0 aliphatic carbocycles. The van der Waals surface area contributed by atoms with E-state index < -0.39 is 17.9 Å². The number of carbonyl (C=O) groups excluding carboxylic acids is 2. The van der Waals surface area contributed by atoms with Gasteiger partial charge >= 0.3 is 5.97 Å². The summed E-state index contributed by atoms with van der Waals surface area (Å²) in [7, 11) is 1.27. The van der Waals surface area contributed by atoms with Crippen molar-refractivity contribution in [2.45, 2.75) is 18.6 Å². The van der Waals surface area contributed by atoms with Crippen molar-refractivity contribution in [3.05, 3.63) is 58.7 Å². The molecule has 6 nitrogen and oxygen atoms in total. The van der Waals surface area contributed by atoms with Gasteiger partial charge in [-0.3, -0.25) is 4.79 Å². The zero-order chi connectivity index (χ0) is 19.2. The fourth-order valence-electron chi connectivity index (χ4n) is 2.63. The van der Waals surface area contributed by atoms with Crippen LogP contribution in [0.5, 0.6) is 5.88 Å². The Hall–Kier alpha value is -2.25. The van der Waals surface area contributed by atoms with Gasteiger partial charge in [0, 0.05) is 23.0 Å². The number of esters is 1. The van der Waals surface area contributed by atoms with Gasteiger partial charge in [-0.15, -0.1) is 0 Å². The zero-order valence-corrected chi connectivity index (χ0v) is 16.3. The van der Waals surface area contributed by atoms with Crippen LogP contribution in [-0.2, 0) is 9.53 Å². The summed E-state index contributed by atoms with van der Waals surface area (Å²) >= 11 is 7.73. The van der Waals surface area contributed by atoms with Gasteiger partial charge in [-0.2, -0.15) is 11.8 Å². The van der Waals surface area contributed by atoms with Crippen LogP contribution in [0.25, 0.3) is 0 Å². The molecule has 1 aromatic carbocycles. The van der Waals surface area contributed by atoms with Crippen LogP contribution < -0.4 is 10.1 Å². The van der Waals surface area contributed by atoms with Crippen LogP contribution in [0.15, 0.2) is 42.6 Å². The number of amides is 1. The lowest BCUT2D eigenvalue weighted by molar-refractivity contribution is -0.143. The molecule has 1 aliphatic heterocycles. The van der Waals surface area contributed by atoms with Crippen LogP contribution in [0.2, 0.25) is 5.02 Å². The lowest BCUT2D eigenvalue weighted by Gasteiger charge is -2.17. The van der Waals surface area contributed by atoms with Crippen molar-refractivity contribution >= 4 is 35.2 Å². The van der Waals surface area contributed by atoms with E-state index in [1.165, 1.54) is 13.3 Å². The van der Waals surface area contributed by atoms with E-state index in [1.807, 2.05) is 11.8 Å². The molecule has 2 aromatic rings. The molecule has 3 rings (SSSR count). The van der Waals surface area contributed by atoms with Gasteiger partial charge in [-0.25, -0.2) is 9.78 Å². The maximum absolute atomic E-state index is 12.5. The second-order valence-corrected chi connectivity index (χ2v) is 7.56. The van der Waals surface area contributed by atoms with Gasteiger partial charge in [0.05, 0.1) is 12.7 Å². The molecule has 1 aliphatic rings. The molecule has 0 bridgehead atoms. The molecule has 27 heavy (non-hydrogen) atoms. The number of hydrogen-bond donors (Lipinski definition) is 1. The van der Waals surface area contributed by atoms with Crippen molar-refractivity contribution in [2.24, 2.45) is 0 Å². The third kappa shape index (κ3) is 5.14. The van der Waals surface area contributed by atoms with Gasteiger partial charge in [-0.05, 0) is 35.9 Å². The van der Waals surface area contributed by atoms with E-state index in [-0.39, 0.29) is 6.10 Å². The number of nitrogens with zero attached hydrogens (tertiary/aromatic N) is 1. The van der Waals surface area contributed by atoms with E-state index in [0.717, 1.165) is 17.9 Å². The molecule has 1 fully saturated rings. The predicted molar refractivity (Wildman–Crippen MR) is 104 cm³/mol. The standard InChI is InChI=1S/C19H19ClN2O4S/c1-25-19(24)17(12-2-5-14(20)6-3-12)22-18(23)13-4-7-16(21-10-13)26-15-8-9-27-11-15/h2-7,10,15,17H,8-9,11H2,1H3,(H,22,23). The maximum atomic E-state index is 12.5. The summed E-state index contributed by atoms with van der Waals surface area (Å²) < 4.78 is 10.6. The number of nitrogens with one attached hydrogen (secondary N) is 1. The van der Waals surface area contributed by atoms with Gasteiger partial charge < -0.3 is 14.8 Å². The van der Waals surface area contributed by atoms with Crippen molar-refractivity contribution in [1.82, 2.24) is 10.3 Å². The minimum atomic E-state index is -0.939. The van der Waals surface area contributed by atoms with Crippen LogP contribution in [0.1, 0.15) is 28.4 Å². The fourth-order valence-corrected chi connectivity index (χ4v) is 3.85. The topological polar surface area (TPSA) is 77.5 Å². The van der Waals surface area contributed by atoms with E-state index in [0.29, 0.717) is 22.0 Å². The molecule has 2 unspecified atom stereocenters. The second-order valence-electron chi connectivity index (χ2n) is 5.97. The average Bonchev–Trinajstić information content (AvgIpc) is 3.20. The Bertz CT molecular complexity index is 792. The van der Waals surface area contributed by atoms with Crippen LogP contribution in [-0.4, -0.2) is 41.6 Å². The number of carbonyl (C=O) groups is 2. The van der Waals surface area contributed by atoms with Crippen molar-refractivity contribution in [3.63, 3.8) is 0 Å². The Morgan fingerprint density at radius 1 is 1.26 bits per heavy atom. The summed E-state index contributed by atoms with van der Waals surface area (Å²) in [6.07, 6.45) is 2.59. The molecule has 2 atom stereocenters. The number of hydrogen-bond acceptors (Lipinski definition) is 6. The normalized spacial score (nSPS) is 17.2. The predicted octanol–water partition coefficient (Wildman–Crippen LogP) is 3.26. The molecule has 0 saturated carbocycles. The molecule has 1 saturated heterocycles. The number of ether oxygens (including phenoxy) is 2. The summed E-state index contributed by atoms with van der Waals surface area (Å²) in [6.45, 7) is 0. The number of benzene rings is 1. The number of methoxy groups -OCH3 is 1. The first kappa shape index (κ1) is 19.5. The Balaban J connectivity index is 1.69. The lowest BCUT2D eigenvalue weighted by Crippen LogP contribution is -2.34. The third-order valence-corrected chi connectivity index (χ3v) is 5.47. The Kier molecular flexibility index (Phi) is 6.58. The van der Waals surface area contributed by atoms with Crippen LogP contribution >= 0.6 is 23.4 Å². The highest BCUT2D eigenvalue weighted by atomic mass is 35.5. The van der Waals surface area contributed by atoms with Crippen LogP contribution in [0.3, 0.4) is 0 Å². The number of rotatable bonds is 6.